The number of rotatable bonds is 5. The minimum Gasteiger partial charge on any atom is -0.465 e. The van der Waals surface area contributed by atoms with Gasteiger partial charge in [0, 0.05) is 13.1 Å². The van der Waals surface area contributed by atoms with Gasteiger partial charge in [-0.05, 0) is 37.1 Å². The minimum absolute atomic E-state index is 0.136. The zero-order chi connectivity index (χ0) is 20.9. The molecule has 0 radical (unpaired) electrons. The summed E-state index contributed by atoms with van der Waals surface area (Å²) in [6.45, 7) is 1.31. The lowest BCUT2D eigenvalue weighted by Crippen LogP contribution is -2.41. The van der Waals surface area contributed by atoms with E-state index in [1.54, 1.807) is 30.6 Å². The number of nitrogens with one attached hydrogen (secondary N) is 1. The quantitative estimate of drug-likeness (QED) is 0.636. The van der Waals surface area contributed by atoms with E-state index in [1.165, 1.54) is 18.1 Å². The molecule has 1 fully saturated rings. The fourth-order valence-corrected chi connectivity index (χ4v) is 3.45. The van der Waals surface area contributed by atoms with Crippen molar-refractivity contribution in [2.45, 2.75) is 12.8 Å². The van der Waals surface area contributed by atoms with E-state index in [9.17, 15) is 9.59 Å². The Kier molecular flexibility index (Phi) is 5.64. The summed E-state index contributed by atoms with van der Waals surface area (Å²) in [7, 11) is 1.31. The molecule has 1 N–H and O–H groups in total. The summed E-state index contributed by atoms with van der Waals surface area (Å²) in [5.41, 5.74) is 0.777. The Labute approximate surface area is 172 Å². The molecule has 1 saturated heterocycles. The Hall–Kier alpha value is -3.82. The van der Waals surface area contributed by atoms with Gasteiger partial charge in [0.1, 0.15) is 12.7 Å². The number of amides is 1. The highest BCUT2D eigenvalue weighted by atomic mass is 16.5. The number of piperidine rings is 1. The summed E-state index contributed by atoms with van der Waals surface area (Å²) in [5.74, 6) is 0.414. The van der Waals surface area contributed by atoms with Crippen molar-refractivity contribution >= 4 is 23.4 Å². The van der Waals surface area contributed by atoms with Gasteiger partial charge < -0.3 is 15.0 Å². The second-order valence-corrected chi connectivity index (χ2v) is 6.90. The third kappa shape index (κ3) is 4.12. The van der Waals surface area contributed by atoms with Crippen LogP contribution in [0.5, 0.6) is 0 Å². The average Bonchev–Trinajstić information content (AvgIpc) is 3.34. The van der Waals surface area contributed by atoms with Crippen LogP contribution in [0.2, 0.25) is 0 Å². The third-order valence-corrected chi connectivity index (χ3v) is 5.00. The molecule has 0 aliphatic carbocycles. The van der Waals surface area contributed by atoms with Crippen molar-refractivity contribution in [3.05, 3.63) is 54.6 Å². The molecule has 1 atom stereocenters. The molecule has 1 aromatic carbocycles. The molecule has 10 nitrogen and oxygen atoms in total. The highest BCUT2D eigenvalue weighted by Crippen LogP contribution is 2.24. The number of benzene rings is 1. The maximum Gasteiger partial charge on any atom is 0.339 e. The zero-order valence-corrected chi connectivity index (χ0v) is 16.4. The smallest absolute Gasteiger partial charge is 0.339 e. The summed E-state index contributed by atoms with van der Waals surface area (Å²) in [5, 5.41) is 15.4. The van der Waals surface area contributed by atoms with Gasteiger partial charge in [0.25, 0.3) is 0 Å². The van der Waals surface area contributed by atoms with Crippen molar-refractivity contribution in [1.29, 1.82) is 0 Å². The first-order valence-corrected chi connectivity index (χ1v) is 9.57. The number of esters is 1. The molecule has 154 valence electrons. The van der Waals surface area contributed by atoms with Crippen LogP contribution in [-0.4, -0.2) is 57.0 Å². The SMILES string of the molecule is COC(=O)c1ccccc1NC(=O)[C@H]1CCCN(c2ccc(-n3cncn3)nn2)C1. The van der Waals surface area contributed by atoms with Crippen LogP contribution < -0.4 is 10.2 Å². The monoisotopic (exact) mass is 407 g/mol. The third-order valence-electron chi connectivity index (χ3n) is 5.00. The van der Waals surface area contributed by atoms with Crippen LogP contribution in [0.25, 0.3) is 5.82 Å². The fraction of sp³-hybridized carbons (Fsp3) is 0.300. The fourth-order valence-electron chi connectivity index (χ4n) is 3.45. The standard InChI is InChI=1S/C20H21N7O3/c1-30-20(29)15-6-2-3-7-16(15)23-19(28)14-5-4-10-26(11-14)17-8-9-18(25-24-17)27-13-21-12-22-27/h2-3,6-9,12-14H,4-5,10-11H2,1H3,(H,23,28)/t14-/m0/s1. The normalized spacial score (nSPS) is 16.2. The summed E-state index contributed by atoms with van der Waals surface area (Å²) < 4.78 is 6.32. The molecular weight excluding hydrogens is 386 g/mol. The zero-order valence-electron chi connectivity index (χ0n) is 16.4. The van der Waals surface area contributed by atoms with Crippen LogP contribution in [0.15, 0.2) is 49.1 Å². The van der Waals surface area contributed by atoms with Gasteiger partial charge in [-0.15, -0.1) is 10.2 Å². The van der Waals surface area contributed by atoms with Gasteiger partial charge in [0.2, 0.25) is 5.91 Å². The van der Waals surface area contributed by atoms with Gasteiger partial charge in [-0.25, -0.2) is 14.5 Å². The Morgan fingerprint density at radius 1 is 1.13 bits per heavy atom. The van der Waals surface area contributed by atoms with Crippen molar-refractivity contribution < 1.29 is 14.3 Å². The highest BCUT2D eigenvalue weighted by Gasteiger charge is 2.27. The minimum atomic E-state index is -0.487. The first kappa shape index (κ1) is 19.5. The van der Waals surface area contributed by atoms with Crippen molar-refractivity contribution in [1.82, 2.24) is 25.0 Å². The summed E-state index contributed by atoms with van der Waals surface area (Å²) in [4.78, 5) is 30.7. The Bertz CT molecular complexity index is 1020. The van der Waals surface area contributed by atoms with E-state index in [-0.39, 0.29) is 11.8 Å². The molecule has 1 aliphatic rings. The first-order chi connectivity index (χ1) is 14.7. The number of aromatic nitrogens is 5. The lowest BCUT2D eigenvalue weighted by atomic mass is 9.97. The lowest BCUT2D eigenvalue weighted by molar-refractivity contribution is -0.120. The number of methoxy groups -OCH3 is 1. The van der Waals surface area contributed by atoms with Crippen molar-refractivity contribution in [2.75, 3.05) is 30.4 Å². The number of carbonyl (C=O) groups excluding carboxylic acids is 2. The Morgan fingerprint density at radius 3 is 2.67 bits per heavy atom. The van der Waals surface area contributed by atoms with Gasteiger partial charge in [-0.2, -0.15) is 5.10 Å². The number of anilines is 2. The first-order valence-electron chi connectivity index (χ1n) is 9.57. The summed E-state index contributed by atoms with van der Waals surface area (Å²) in [6, 6.07) is 10.5. The van der Waals surface area contributed by atoms with E-state index in [2.05, 4.69) is 25.6 Å². The topological polar surface area (TPSA) is 115 Å². The largest absolute Gasteiger partial charge is 0.465 e. The maximum atomic E-state index is 12.9. The molecule has 1 amide bonds. The molecule has 2 aromatic heterocycles. The van der Waals surface area contributed by atoms with E-state index in [1.807, 2.05) is 17.0 Å². The van der Waals surface area contributed by atoms with E-state index < -0.39 is 5.97 Å². The summed E-state index contributed by atoms with van der Waals surface area (Å²) in [6.07, 6.45) is 4.59. The number of nitrogens with zero attached hydrogens (tertiary/aromatic N) is 6. The molecule has 4 rings (SSSR count). The van der Waals surface area contributed by atoms with Crippen LogP contribution in [0.3, 0.4) is 0 Å². The van der Waals surface area contributed by atoms with Crippen molar-refractivity contribution in [2.24, 2.45) is 5.92 Å². The molecule has 0 unspecified atom stereocenters. The van der Waals surface area contributed by atoms with Gasteiger partial charge in [0.15, 0.2) is 11.6 Å². The van der Waals surface area contributed by atoms with Gasteiger partial charge >= 0.3 is 5.97 Å². The van der Waals surface area contributed by atoms with Crippen LogP contribution in [0, 0.1) is 5.92 Å². The van der Waals surface area contributed by atoms with Gasteiger partial charge in [0.05, 0.1) is 24.3 Å². The van der Waals surface area contributed by atoms with Gasteiger partial charge in [-0.3, -0.25) is 4.79 Å². The highest BCUT2D eigenvalue weighted by molar-refractivity contribution is 6.02. The van der Waals surface area contributed by atoms with Gasteiger partial charge in [-0.1, -0.05) is 12.1 Å². The van der Waals surface area contributed by atoms with E-state index >= 15 is 0 Å². The number of hydrogen-bond acceptors (Lipinski definition) is 8. The van der Waals surface area contributed by atoms with Crippen LogP contribution in [0.4, 0.5) is 11.5 Å². The lowest BCUT2D eigenvalue weighted by Gasteiger charge is -2.32. The number of hydrogen-bond donors (Lipinski definition) is 1. The number of ether oxygens (including phenoxy) is 1. The van der Waals surface area contributed by atoms with Crippen LogP contribution in [-0.2, 0) is 9.53 Å². The van der Waals surface area contributed by atoms with Crippen molar-refractivity contribution in [3.8, 4) is 5.82 Å². The molecule has 30 heavy (non-hydrogen) atoms. The van der Waals surface area contributed by atoms with E-state index in [0.717, 1.165) is 19.4 Å². The maximum absolute atomic E-state index is 12.9. The van der Waals surface area contributed by atoms with Crippen LogP contribution >= 0.6 is 0 Å². The molecular formula is C20H21N7O3. The molecule has 0 bridgehead atoms. The molecule has 3 heterocycles. The predicted octanol–water partition coefficient (Wildman–Crippen LogP) is 1.70. The molecule has 0 spiro atoms. The average molecular weight is 407 g/mol. The number of carbonyl (C=O) groups is 2. The predicted molar refractivity (Wildman–Crippen MR) is 108 cm³/mol. The van der Waals surface area contributed by atoms with Crippen molar-refractivity contribution in [3.63, 3.8) is 0 Å². The number of para-hydroxylation sites is 1. The second-order valence-electron chi connectivity index (χ2n) is 6.90. The Morgan fingerprint density at radius 2 is 1.93 bits per heavy atom. The van der Waals surface area contributed by atoms with Crippen LogP contribution in [0.1, 0.15) is 23.2 Å². The van der Waals surface area contributed by atoms with E-state index in [0.29, 0.717) is 29.4 Å². The molecule has 1 aliphatic heterocycles. The molecule has 10 heteroatoms. The molecule has 3 aromatic rings. The second kappa shape index (κ2) is 8.68. The van der Waals surface area contributed by atoms with E-state index in [4.69, 9.17) is 4.74 Å². The molecule has 0 saturated carbocycles. The summed E-state index contributed by atoms with van der Waals surface area (Å²) >= 11 is 0. The Balaban J connectivity index is 1.44.